The lowest BCUT2D eigenvalue weighted by atomic mass is 9.95. The average molecular weight is 316 g/mol. The standard InChI is InChI=1S/C17H18ClN3O/c1-11-8-16(13(9-19)12(2)21-11)20-10-17(3,22)14-6-4-5-7-15(14)18/h4-8,22H,10H2,1-3H3,(H,20,21). The third-order valence-corrected chi connectivity index (χ3v) is 3.85. The fraction of sp³-hybridized carbons (Fsp3) is 0.294. The maximum Gasteiger partial charge on any atom is 0.105 e. The largest absolute Gasteiger partial charge is 0.384 e. The molecule has 22 heavy (non-hydrogen) atoms. The van der Waals surface area contributed by atoms with E-state index in [9.17, 15) is 10.4 Å². The second-order valence-electron chi connectivity index (χ2n) is 5.49. The summed E-state index contributed by atoms with van der Waals surface area (Å²) >= 11 is 6.15. The molecule has 0 aliphatic carbocycles. The quantitative estimate of drug-likeness (QED) is 0.905. The van der Waals surface area contributed by atoms with Gasteiger partial charge < -0.3 is 10.4 Å². The van der Waals surface area contributed by atoms with E-state index in [2.05, 4.69) is 16.4 Å². The molecule has 0 saturated heterocycles. The summed E-state index contributed by atoms with van der Waals surface area (Å²) in [6, 6.07) is 11.1. The Hall–Kier alpha value is -2.09. The number of pyridine rings is 1. The van der Waals surface area contributed by atoms with Gasteiger partial charge in [0.05, 0.1) is 16.9 Å². The van der Waals surface area contributed by atoms with Crippen molar-refractivity contribution in [2.24, 2.45) is 0 Å². The fourth-order valence-corrected chi connectivity index (χ4v) is 2.71. The molecule has 0 bridgehead atoms. The number of rotatable bonds is 4. The van der Waals surface area contributed by atoms with Crippen molar-refractivity contribution in [3.05, 3.63) is 57.9 Å². The molecule has 0 fully saturated rings. The summed E-state index contributed by atoms with van der Waals surface area (Å²) in [4.78, 5) is 4.28. The highest BCUT2D eigenvalue weighted by atomic mass is 35.5. The van der Waals surface area contributed by atoms with E-state index >= 15 is 0 Å². The van der Waals surface area contributed by atoms with Crippen molar-refractivity contribution in [2.75, 3.05) is 11.9 Å². The number of nitrogens with one attached hydrogen (secondary N) is 1. The third kappa shape index (κ3) is 3.38. The van der Waals surface area contributed by atoms with Gasteiger partial charge in [-0.1, -0.05) is 29.8 Å². The maximum atomic E-state index is 10.7. The van der Waals surface area contributed by atoms with Crippen LogP contribution in [0.2, 0.25) is 5.02 Å². The van der Waals surface area contributed by atoms with Crippen molar-refractivity contribution in [3.63, 3.8) is 0 Å². The van der Waals surface area contributed by atoms with Crippen LogP contribution in [0.25, 0.3) is 0 Å². The van der Waals surface area contributed by atoms with E-state index in [1.807, 2.05) is 19.1 Å². The number of aryl methyl sites for hydroxylation is 2. The molecule has 1 heterocycles. The van der Waals surface area contributed by atoms with E-state index in [4.69, 9.17) is 11.6 Å². The number of hydrogen-bond acceptors (Lipinski definition) is 4. The number of hydrogen-bond donors (Lipinski definition) is 2. The molecule has 5 heteroatoms. The first-order valence-corrected chi connectivity index (χ1v) is 7.32. The highest BCUT2D eigenvalue weighted by molar-refractivity contribution is 6.31. The number of aromatic nitrogens is 1. The average Bonchev–Trinajstić information content (AvgIpc) is 2.45. The number of anilines is 1. The van der Waals surface area contributed by atoms with E-state index in [0.29, 0.717) is 27.5 Å². The van der Waals surface area contributed by atoms with Gasteiger partial charge in [-0.05, 0) is 32.9 Å². The molecular formula is C17H18ClN3O. The minimum absolute atomic E-state index is 0.230. The van der Waals surface area contributed by atoms with Gasteiger partial charge in [0.25, 0.3) is 0 Å². The number of nitriles is 1. The number of halogens is 1. The summed E-state index contributed by atoms with van der Waals surface area (Å²) in [5, 5.41) is 23.6. The maximum absolute atomic E-state index is 10.7. The summed E-state index contributed by atoms with van der Waals surface area (Å²) in [6.45, 7) is 5.58. The molecule has 1 aromatic heterocycles. The van der Waals surface area contributed by atoms with Crippen molar-refractivity contribution in [3.8, 4) is 6.07 Å². The Morgan fingerprint density at radius 1 is 1.36 bits per heavy atom. The second kappa shape index (κ2) is 6.35. The summed E-state index contributed by atoms with van der Waals surface area (Å²) in [5.74, 6) is 0. The minimum atomic E-state index is -1.16. The van der Waals surface area contributed by atoms with Crippen LogP contribution in [0.15, 0.2) is 30.3 Å². The van der Waals surface area contributed by atoms with Crippen LogP contribution in [-0.2, 0) is 5.60 Å². The summed E-state index contributed by atoms with van der Waals surface area (Å²) < 4.78 is 0. The molecule has 0 aliphatic rings. The Bertz CT molecular complexity index is 735. The lowest BCUT2D eigenvalue weighted by Gasteiger charge is -2.26. The molecule has 1 aromatic carbocycles. The number of aliphatic hydroxyl groups is 1. The third-order valence-electron chi connectivity index (χ3n) is 3.52. The van der Waals surface area contributed by atoms with Crippen molar-refractivity contribution in [1.82, 2.24) is 4.98 Å². The Labute approximate surface area is 135 Å². The molecule has 0 amide bonds. The van der Waals surface area contributed by atoms with Crippen LogP contribution < -0.4 is 5.32 Å². The first-order chi connectivity index (χ1) is 10.3. The molecular weight excluding hydrogens is 298 g/mol. The molecule has 1 unspecified atom stereocenters. The first kappa shape index (κ1) is 16.3. The number of benzene rings is 1. The van der Waals surface area contributed by atoms with Crippen LogP contribution in [0.3, 0.4) is 0 Å². The Morgan fingerprint density at radius 3 is 2.68 bits per heavy atom. The molecule has 0 spiro atoms. The number of nitrogens with zero attached hydrogens (tertiary/aromatic N) is 2. The zero-order valence-electron chi connectivity index (χ0n) is 12.8. The molecule has 114 valence electrons. The summed E-state index contributed by atoms with van der Waals surface area (Å²) in [7, 11) is 0. The smallest absolute Gasteiger partial charge is 0.105 e. The van der Waals surface area contributed by atoms with Gasteiger partial charge in [0, 0.05) is 22.8 Å². The molecule has 2 N–H and O–H groups in total. The fourth-order valence-electron chi connectivity index (χ4n) is 2.37. The van der Waals surface area contributed by atoms with Crippen LogP contribution in [-0.4, -0.2) is 16.6 Å². The molecule has 2 rings (SSSR count). The Kier molecular flexibility index (Phi) is 4.70. The summed E-state index contributed by atoms with van der Waals surface area (Å²) in [6.07, 6.45) is 0. The van der Waals surface area contributed by atoms with Gasteiger partial charge >= 0.3 is 0 Å². The molecule has 4 nitrogen and oxygen atoms in total. The zero-order valence-corrected chi connectivity index (χ0v) is 13.6. The van der Waals surface area contributed by atoms with Crippen LogP contribution in [0.1, 0.15) is 29.4 Å². The van der Waals surface area contributed by atoms with Crippen LogP contribution in [0, 0.1) is 25.2 Å². The zero-order chi connectivity index (χ0) is 16.3. The van der Waals surface area contributed by atoms with Gasteiger partial charge in [0.15, 0.2) is 0 Å². The normalized spacial score (nSPS) is 13.3. The monoisotopic (exact) mass is 315 g/mol. The molecule has 0 saturated carbocycles. The minimum Gasteiger partial charge on any atom is -0.384 e. The van der Waals surface area contributed by atoms with Gasteiger partial charge in [-0.3, -0.25) is 4.98 Å². The predicted octanol–water partition coefficient (Wildman–Crippen LogP) is 3.54. The van der Waals surface area contributed by atoms with E-state index in [-0.39, 0.29) is 6.54 Å². The van der Waals surface area contributed by atoms with E-state index in [1.54, 1.807) is 32.0 Å². The van der Waals surface area contributed by atoms with Gasteiger partial charge in [-0.2, -0.15) is 5.26 Å². The van der Waals surface area contributed by atoms with Gasteiger partial charge in [0.2, 0.25) is 0 Å². The lowest BCUT2D eigenvalue weighted by molar-refractivity contribution is 0.0716. The Morgan fingerprint density at radius 2 is 2.05 bits per heavy atom. The van der Waals surface area contributed by atoms with Crippen LogP contribution in [0.5, 0.6) is 0 Å². The van der Waals surface area contributed by atoms with E-state index < -0.39 is 5.60 Å². The van der Waals surface area contributed by atoms with Crippen LogP contribution in [0.4, 0.5) is 5.69 Å². The van der Waals surface area contributed by atoms with Gasteiger partial charge in [-0.15, -0.1) is 0 Å². The predicted molar refractivity (Wildman–Crippen MR) is 87.9 cm³/mol. The SMILES string of the molecule is Cc1cc(NCC(C)(O)c2ccccc2Cl)c(C#N)c(C)n1. The van der Waals surface area contributed by atoms with Crippen molar-refractivity contribution < 1.29 is 5.11 Å². The Balaban J connectivity index is 2.27. The molecule has 1 atom stereocenters. The van der Waals surface area contributed by atoms with E-state index in [0.717, 1.165) is 5.69 Å². The topological polar surface area (TPSA) is 68.9 Å². The first-order valence-electron chi connectivity index (χ1n) is 6.95. The summed E-state index contributed by atoms with van der Waals surface area (Å²) in [5.41, 5.74) is 2.13. The highest BCUT2D eigenvalue weighted by Crippen LogP contribution is 2.29. The van der Waals surface area contributed by atoms with Crippen LogP contribution >= 0.6 is 11.6 Å². The van der Waals surface area contributed by atoms with Crippen molar-refractivity contribution in [2.45, 2.75) is 26.4 Å². The van der Waals surface area contributed by atoms with Crippen molar-refractivity contribution >= 4 is 17.3 Å². The molecule has 2 aromatic rings. The lowest BCUT2D eigenvalue weighted by Crippen LogP contribution is -2.31. The van der Waals surface area contributed by atoms with Gasteiger partial charge in [0.1, 0.15) is 11.7 Å². The van der Waals surface area contributed by atoms with Crippen molar-refractivity contribution in [1.29, 1.82) is 5.26 Å². The van der Waals surface area contributed by atoms with Gasteiger partial charge in [-0.25, -0.2) is 0 Å². The van der Waals surface area contributed by atoms with E-state index in [1.165, 1.54) is 0 Å². The second-order valence-corrected chi connectivity index (χ2v) is 5.90. The highest BCUT2D eigenvalue weighted by Gasteiger charge is 2.25. The molecule has 0 aliphatic heterocycles. The molecule has 0 radical (unpaired) electrons.